The summed E-state index contributed by atoms with van der Waals surface area (Å²) >= 11 is 0. The summed E-state index contributed by atoms with van der Waals surface area (Å²) in [5.74, 6) is 0. The van der Waals surface area contributed by atoms with E-state index in [2.05, 4.69) is 78.9 Å². The Morgan fingerprint density at radius 1 is 0.633 bits per heavy atom. The molecule has 0 radical (unpaired) electrons. The molecule has 2 nitrogen and oxygen atoms in total. The summed E-state index contributed by atoms with van der Waals surface area (Å²) in [6.45, 7) is 0.881. The van der Waals surface area contributed by atoms with Gasteiger partial charge in [0, 0.05) is 22.9 Å². The Balaban J connectivity index is 1.34. The van der Waals surface area contributed by atoms with E-state index in [0.29, 0.717) is 0 Å². The molecule has 6 rings (SSSR count). The lowest BCUT2D eigenvalue weighted by molar-refractivity contribution is 0.112. The van der Waals surface area contributed by atoms with Crippen LogP contribution in [0.3, 0.4) is 0 Å². The van der Waals surface area contributed by atoms with Crippen molar-refractivity contribution in [2.75, 3.05) is 6.61 Å². The van der Waals surface area contributed by atoms with Gasteiger partial charge in [0.2, 0.25) is 0 Å². The predicted molar refractivity (Wildman–Crippen MR) is 123 cm³/mol. The van der Waals surface area contributed by atoms with Gasteiger partial charge in [0.05, 0.1) is 6.10 Å². The van der Waals surface area contributed by atoms with Gasteiger partial charge < -0.3 is 9.15 Å². The lowest BCUT2D eigenvalue weighted by atomic mass is 9.97. The third-order valence-electron chi connectivity index (χ3n) is 6.15. The number of hydrogen-bond donors (Lipinski definition) is 0. The fourth-order valence-electron chi connectivity index (χ4n) is 4.55. The van der Waals surface area contributed by atoms with E-state index in [1.165, 1.54) is 22.3 Å². The summed E-state index contributed by atoms with van der Waals surface area (Å²) in [5.41, 5.74) is 7.91. The Kier molecular flexibility index (Phi) is 4.17. The van der Waals surface area contributed by atoms with E-state index < -0.39 is 0 Å². The van der Waals surface area contributed by atoms with Crippen molar-refractivity contribution in [1.29, 1.82) is 0 Å². The van der Waals surface area contributed by atoms with Gasteiger partial charge in [-0.3, -0.25) is 0 Å². The molecule has 0 amide bonds. The summed E-state index contributed by atoms with van der Waals surface area (Å²) in [6.07, 6.45) is 2.55. The summed E-state index contributed by atoms with van der Waals surface area (Å²) in [7, 11) is 0. The quantitative estimate of drug-likeness (QED) is 0.314. The predicted octanol–water partition coefficient (Wildman–Crippen LogP) is 7.77. The van der Waals surface area contributed by atoms with Gasteiger partial charge in [-0.05, 0) is 41.2 Å². The third-order valence-corrected chi connectivity index (χ3v) is 6.15. The van der Waals surface area contributed by atoms with Crippen LogP contribution in [0.5, 0.6) is 0 Å². The Hall–Kier alpha value is -3.36. The monoisotopic (exact) mass is 390 g/mol. The number of rotatable bonds is 3. The average molecular weight is 390 g/mol. The van der Waals surface area contributed by atoms with Crippen LogP contribution in [0.2, 0.25) is 0 Å². The minimum Gasteiger partial charge on any atom is -0.455 e. The molecule has 1 unspecified atom stereocenters. The van der Waals surface area contributed by atoms with Gasteiger partial charge in [-0.15, -0.1) is 0 Å². The lowest BCUT2D eigenvalue weighted by Gasteiger charge is -2.11. The molecule has 30 heavy (non-hydrogen) atoms. The van der Waals surface area contributed by atoms with Crippen LogP contribution in [0.15, 0.2) is 95.4 Å². The highest BCUT2D eigenvalue weighted by Crippen LogP contribution is 2.36. The minimum absolute atomic E-state index is 0.269. The zero-order valence-corrected chi connectivity index (χ0v) is 16.7. The van der Waals surface area contributed by atoms with E-state index in [0.717, 1.165) is 47.0 Å². The van der Waals surface area contributed by atoms with Crippen LogP contribution in [-0.4, -0.2) is 6.61 Å². The van der Waals surface area contributed by atoms with Gasteiger partial charge in [0.25, 0.3) is 0 Å². The van der Waals surface area contributed by atoms with Gasteiger partial charge in [-0.2, -0.15) is 0 Å². The normalized spacial score (nSPS) is 16.5. The van der Waals surface area contributed by atoms with E-state index in [4.69, 9.17) is 9.15 Å². The first kappa shape index (κ1) is 17.5. The molecule has 0 aliphatic carbocycles. The standard InChI is InChI=1S/C28H22O2/c1-2-8-27-24(5-1)25-7-3-6-23(28(25)30-27)21-14-10-19(11-15-21)20-12-16-22(17-13-20)26-9-4-18-29-26/h1-3,5-8,10-17,26H,4,9,18H2. The molecule has 146 valence electrons. The topological polar surface area (TPSA) is 22.4 Å². The lowest BCUT2D eigenvalue weighted by Crippen LogP contribution is -1.94. The molecule has 2 heteroatoms. The number of furan rings is 1. The summed E-state index contributed by atoms with van der Waals surface area (Å²) in [5, 5.41) is 2.33. The summed E-state index contributed by atoms with van der Waals surface area (Å²) in [4.78, 5) is 0. The van der Waals surface area contributed by atoms with Gasteiger partial charge in [0.1, 0.15) is 11.2 Å². The van der Waals surface area contributed by atoms with Crippen molar-refractivity contribution in [3.63, 3.8) is 0 Å². The van der Waals surface area contributed by atoms with Crippen molar-refractivity contribution >= 4 is 21.9 Å². The van der Waals surface area contributed by atoms with Crippen molar-refractivity contribution < 1.29 is 9.15 Å². The van der Waals surface area contributed by atoms with Gasteiger partial charge >= 0.3 is 0 Å². The first-order valence-corrected chi connectivity index (χ1v) is 10.6. The molecule has 2 heterocycles. The first-order valence-electron chi connectivity index (χ1n) is 10.6. The van der Waals surface area contributed by atoms with Crippen molar-refractivity contribution in [2.45, 2.75) is 18.9 Å². The second kappa shape index (κ2) is 7.16. The molecular weight excluding hydrogens is 368 g/mol. The molecule has 1 fully saturated rings. The maximum absolute atomic E-state index is 6.20. The SMILES string of the molecule is c1ccc2c(c1)oc1c(-c3ccc(-c4ccc(C5CCCO5)cc4)cc3)cccc12. The average Bonchev–Trinajstić information content (AvgIpc) is 3.47. The van der Waals surface area contributed by atoms with Crippen LogP contribution in [0.4, 0.5) is 0 Å². The van der Waals surface area contributed by atoms with E-state index in [1.807, 2.05) is 12.1 Å². The Labute approximate surface area is 175 Å². The van der Waals surface area contributed by atoms with Crippen molar-refractivity contribution in [3.05, 3.63) is 96.6 Å². The highest BCUT2D eigenvalue weighted by Gasteiger charge is 2.17. The second-order valence-corrected chi connectivity index (χ2v) is 7.98. The largest absolute Gasteiger partial charge is 0.455 e. The molecule has 0 bridgehead atoms. The van der Waals surface area contributed by atoms with Crippen molar-refractivity contribution in [2.24, 2.45) is 0 Å². The van der Waals surface area contributed by atoms with E-state index in [1.54, 1.807) is 0 Å². The molecular formula is C28H22O2. The van der Waals surface area contributed by atoms with Crippen LogP contribution < -0.4 is 0 Å². The Bertz CT molecular complexity index is 1320. The smallest absolute Gasteiger partial charge is 0.143 e. The molecule has 1 atom stereocenters. The molecule has 1 aromatic heterocycles. The molecule has 1 saturated heterocycles. The Morgan fingerprint density at radius 3 is 2.10 bits per heavy atom. The van der Waals surface area contributed by atoms with Gasteiger partial charge in [-0.1, -0.05) is 84.9 Å². The molecule has 0 N–H and O–H groups in total. The third kappa shape index (κ3) is 2.92. The fourth-order valence-corrected chi connectivity index (χ4v) is 4.55. The van der Waals surface area contributed by atoms with E-state index in [-0.39, 0.29) is 6.10 Å². The van der Waals surface area contributed by atoms with Gasteiger partial charge in [-0.25, -0.2) is 0 Å². The van der Waals surface area contributed by atoms with Crippen LogP contribution in [0.1, 0.15) is 24.5 Å². The van der Waals surface area contributed by atoms with E-state index >= 15 is 0 Å². The van der Waals surface area contributed by atoms with Crippen LogP contribution in [0, 0.1) is 0 Å². The minimum atomic E-state index is 0.269. The van der Waals surface area contributed by atoms with Crippen LogP contribution in [0.25, 0.3) is 44.2 Å². The molecule has 0 saturated carbocycles. The molecule has 4 aromatic carbocycles. The Morgan fingerprint density at radius 2 is 1.33 bits per heavy atom. The number of hydrogen-bond acceptors (Lipinski definition) is 2. The molecule has 0 spiro atoms. The highest BCUT2D eigenvalue weighted by atomic mass is 16.5. The molecule has 1 aliphatic heterocycles. The van der Waals surface area contributed by atoms with Gasteiger partial charge in [0.15, 0.2) is 0 Å². The van der Waals surface area contributed by atoms with Crippen LogP contribution in [-0.2, 0) is 4.74 Å². The number of fused-ring (bicyclic) bond motifs is 3. The second-order valence-electron chi connectivity index (χ2n) is 7.98. The molecule has 1 aliphatic rings. The highest BCUT2D eigenvalue weighted by molar-refractivity contribution is 6.09. The first-order chi connectivity index (χ1) is 14.9. The zero-order valence-electron chi connectivity index (χ0n) is 16.7. The van der Waals surface area contributed by atoms with Crippen molar-refractivity contribution in [3.8, 4) is 22.3 Å². The maximum atomic E-state index is 6.20. The summed E-state index contributed by atoms with van der Waals surface area (Å²) in [6, 6.07) is 32.2. The number of para-hydroxylation sites is 2. The zero-order chi connectivity index (χ0) is 19.9. The van der Waals surface area contributed by atoms with Crippen LogP contribution >= 0.6 is 0 Å². The van der Waals surface area contributed by atoms with E-state index in [9.17, 15) is 0 Å². The maximum Gasteiger partial charge on any atom is 0.143 e. The molecule has 5 aromatic rings. The number of benzene rings is 4. The number of ether oxygens (including phenoxy) is 1. The summed E-state index contributed by atoms with van der Waals surface area (Å²) < 4.78 is 12.0. The fraction of sp³-hybridized carbons (Fsp3) is 0.143. The van der Waals surface area contributed by atoms with Crippen molar-refractivity contribution in [1.82, 2.24) is 0 Å².